The molecule has 4 rings (SSSR count). The van der Waals surface area contributed by atoms with Crippen LogP contribution in [-0.2, 0) is 24.2 Å². The Morgan fingerprint density at radius 2 is 1.94 bits per heavy atom. The number of nitrogens with zero attached hydrogens (tertiary/aromatic N) is 1. The second-order valence-corrected chi connectivity index (χ2v) is 9.60. The lowest BCUT2D eigenvalue weighted by Gasteiger charge is -2.45. The lowest BCUT2D eigenvalue weighted by atomic mass is 9.82. The zero-order valence-electron chi connectivity index (χ0n) is 18.8. The van der Waals surface area contributed by atoms with Crippen LogP contribution in [0.3, 0.4) is 0 Å². The van der Waals surface area contributed by atoms with Gasteiger partial charge in [0.15, 0.2) is 11.6 Å². The molecular formula is C25H27ClF3NO4. The number of hydrogen-bond acceptors (Lipinski definition) is 4. The smallest absolute Gasteiger partial charge is 0.387 e. The summed E-state index contributed by atoms with van der Waals surface area (Å²) in [4.78, 5) is 13.3. The number of carboxylic acid groups (broad SMARTS) is 1. The van der Waals surface area contributed by atoms with Crippen molar-refractivity contribution in [3.63, 3.8) is 0 Å². The average Bonchev–Trinajstić information content (AvgIpc) is 2.79. The summed E-state index contributed by atoms with van der Waals surface area (Å²) in [6.07, 6.45) is 2.86. The number of ether oxygens (including phenoxy) is 2. The van der Waals surface area contributed by atoms with Gasteiger partial charge in [-0.2, -0.15) is 8.78 Å². The number of likely N-dealkylation sites (tertiary alicyclic amines) is 1. The van der Waals surface area contributed by atoms with E-state index in [1.54, 1.807) is 19.1 Å². The normalized spacial score (nSPS) is 18.4. The van der Waals surface area contributed by atoms with Crippen molar-refractivity contribution in [3.8, 4) is 11.5 Å². The Morgan fingerprint density at radius 1 is 1.21 bits per heavy atom. The molecule has 2 heterocycles. The second-order valence-electron chi connectivity index (χ2n) is 9.16. The van der Waals surface area contributed by atoms with E-state index in [9.17, 15) is 13.6 Å². The number of alkyl halides is 2. The van der Waals surface area contributed by atoms with Gasteiger partial charge in [-0.15, -0.1) is 0 Å². The number of carboxylic acids is 1. The first kappa shape index (κ1) is 24.7. The van der Waals surface area contributed by atoms with E-state index in [-0.39, 0.29) is 17.9 Å². The van der Waals surface area contributed by atoms with Gasteiger partial charge in [-0.05, 0) is 61.4 Å². The van der Waals surface area contributed by atoms with Gasteiger partial charge in [0, 0.05) is 30.2 Å². The third-order valence-corrected chi connectivity index (χ3v) is 7.01. The van der Waals surface area contributed by atoms with Crippen LogP contribution >= 0.6 is 11.6 Å². The molecular weight excluding hydrogens is 471 g/mol. The minimum Gasteiger partial charge on any atom is -0.484 e. The van der Waals surface area contributed by atoms with Crippen LogP contribution in [0.5, 0.6) is 11.5 Å². The Kier molecular flexibility index (Phi) is 7.28. The molecule has 1 atom stereocenters. The largest absolute Gasteiger partial charge is 0.484 e. The molecule has 0 saturated carbocycles. The molecule has 2 aliphatic heterocycles. The molecule has 1 unspecified atom stereocenters. The van der Waals surface area contributed by atoms with Crippen molar-refractivity contribution in [2.75, 3.05) is 13.1 Å². The number of aryl methyl sites for hydroxylation is 1. The summed E-state index contributed by atoms with van der Waals surface area (Å²) in [6.45, 7) is 0.330. The van der Waals surface area contributed by atoms with E-state index in [1.165, 1.54) is 12.1 Å². The maximum Gasteiger partial charge on any atom is 0.387 e. The first-order chi connectivity index (χ1) is 16.2. The number of hydrogen-bond donors (Lipinski definition) is 1. The van der Waals surface area contributed by atoms with Crippen LogP contribution in [0.25, 0.3) is 0 Å². The van der Waals surface area contributed by atoms with Gasteiger partial charge in [-0.3, -0.25) is 9.69 Å². The third kappa shape index (κ3) is 5.44. The van der Waals surface area contributed by atoms with E-state index in [4.69, 9.17) is 21.4 Å². The first-order valence-corrected chi connectivity index (χ1v) is 11.7. The van der Waals surface area contributed by atoms with Crippen LogP contribution in [0, 0.1) is 11.7 Å². The summed E-state index contributed by atoms with van der Waals surface area (Å²) in [6, 6.07) is 8.07. The number of fused-ring (bicyclic) bond motifs is 1. The molecule has 2 aromatic rings. The topological polar surface area (TPSA) is 59.0 Å². The van der Waals surface area contributed by atoms with Gasteiger partial charge in [0.05, 0.1) is 5.92 Å². The maximum atomic E-state index is 15.3. The summed E-state index contributed by atoms with van der Waals surface area (Å²) in [5.41, 5.74) is 1.22. The lowest BCUT2D eigenvalue weighted by Crippen LogP contribution is -2.49. The van der Waals surface area contributed by atoms with Gasteiger partial charge in [-0.25, -0.2) is 4.39 Å². The molecule has 184 valence electrons. The van der Waals surface area contributed by atoms with Gasteiger partial charge in [0.1, 0.15) is 11.4 Å². The molecule has 9 heteroatoms. The Labute approximate surface area is 201 Å². The molecule has 2 aromatic carbocycles. The number of aliphatic carboxylic acids is 1. The van der Waals surface area contributed by atoms with E-state index in [0.29, 0.717) is 55.0 Å². The molecule has 5 nitrogen and oxygen atoms in total. The number of halogens is 4. The van der Waals surface area contributed by atoms with Crippen molar-refractivity contribution in [2.45, 2.75) is 57.8 Å². The van der Waals surface area contributed by atoms with Gasteiger partial charge < -0.3 is 14.6 Å². The zero-order valence-corrected chi connectivity index (χ0v) is 19.6. The molecule has 2 aliphatic rings. The van der Waals surface area contributed by atoms with Crippen molar-refractivity contribution in [1.82, 2.24) is 4.90 Å². The summed E-state index contributed by atoms with van der Waals surface area (Å²) >= 11 is 6.06. The molecule has 1 fully saturated rings. The predicted octanol–water partition coefficient (Wildman–Crippen LogP) is 5.70. The Bertz CT molecular complexity index is 1060. The molecule has 1 spiro atoms. The third-order valence-electron chi connectivity index (χ3n) is 6.77. The molecule has 0 aromatic heterocycles. The Morgan fingerprint density at radius 3 is 2.62 bits per heavy atom. The molecule has 1 N–H and O–H groups in total. The summed E-state index contributed by atoms with van der Waals surface area (Å²) in [5, 5.41) is 9.61. The van der Waals surface area contributed by atoms with Gasteiger partial charge in [-0.1, -0.05) is 30.7 Å². The number of piperidine rings is 1. The monoisotopic (exact) mass is 497 g/mol. The van der Waals surface area contributed by atoms with Crippen LogP contribution in [0.4, 0.5) is 13.2 Å². The highest BCUT2D eigenvalue weighted by Crippen LogP contribution is 2.42. The summed E-state index contributed by atoms with van der Waals surface area (Å²) < 4.78 is 51.7. The standard InChI is InChI=1S/C25H27ClF3NO4/c1-15(23(31)32)12-17-3-2-16-6-7-25(34-22(16)21(17)27)8-10-30(11-9-25)14-18-13-19(26)4-5-20(18)33-24(28)29/h2-5,13,15,24H,6-12,14H2,1H3,(H,31,32). The highest BCUT2D eigenvalue weighted by Gasteiger charge is 2.41. The highest BCUT2D eigenvalue weighted by molar-refractivity contribution is 6.30. The fraction of sp³-hybridized carbons (Fsp3) is 0.480. The van der Waals surface area contributed by atoms with Crippen molar-refractivity contribution < 1.29 is 32.5 Å². The molecule has 0 radical (unpaired) electrons. The second kappa shape index (κ2) is 10.0. The van der Waals surface area contributed by atoms with Gasteiger partial charge in [0.2, 0.25) is 0 Å². The Balaban J connectivity index is 1.44. The van der Waals surface area contributed by atoms with Crippen LogP contribution in [0.15, 0.2) is 30.3 Å². The maximum absolute atomic E-state index is 15.3. The van der Waals surface area contributed by atoms with Crippen molar-refractivity contribution >= 4 is 17.6 Å². The SMILES string of the molecule is CC(Cc1ccc2c(c1F)OC1(CC2)CCN(Cc2cc(Cl)ccc2OC(F)F)CC1)C(=O)O. The fourth-order valence-electron chi connectivity index (χ4n) is 4.74. The summed E-state index contributed by atoms with van der Waals surface area (Å²) in [5.74, 6) is -1.80. The molecule has 0 amide bonds. The van der Waals surface area contributed by atoms with Crippen molar-refractivity contribution in [2.24, 2.45) is 5.92 Å². The average molecular weight is 498 g/mol. The van der Waals surface area contributed by atoms with Crippen molar-refractivity contribution in [1.29, 1.82) is 0 Å². The molecule has 0 aliphatic carbocycles. The Hall–Kier alpha value is -2.45. The molecule has 34 heavy (non-hydrogen) atoms. The van der Waals surface area contributed by atoms with E-state index < -0.39 is 29.9 Å². The van der Waals surface area contributed by atoms with Crippen LogP contribution < -0.4 is 9.47 Å². The quantitative estimate of drug-likeness (QED) is 0.531. The van der Waals surface area contributed by atoms with E-state index in [0.717, 1.165) is 12.0 Å². The number of carbonyl (C=O) groups is 1. The van der Waals surface area contributed by atoms with Gasteiger partial charge in [0.25, 0.3) is 0 Å². The molecule has 0 bridgehead atoms. The lowest BCUT2D eigenvalue weighted by molar-refractivity contribution is -0.141. The predicted molar refractivity (Wildman–Crippen MR) is 121 cm³/mol. The minimum absolute atomic E-state index is 0.0985. The summed E-state index contributed by atoms with van der Waals surface area (Å²) in [7, 11) is 0. The fourth-order valence-corrected chi connectivity index (χ4v) is 4.94. The minimum atomic E-state index is -2.92. The van der Waals surface area contributed by atoms with Crippen LogP contribution in [-0.4, -0.2) is 41.3 Å². The molecule has 1 saturated heterocycles. The van der Waals surface area contributed by atoms with Gasteiger partial charge >= 0.3 is 12.6 Å². The van der Waals surface area contributed by atoms with E-state index in [1.807, 2.05) is 6.07 Å². The number of benzene rings is 2. The highest BCUT2D eigenvalue weighted by atomic mass is 35.5. The van der Waals surface area contributed by atoms with Crippen LogP contribution in [0.2, 0.25) is 5.02 Å². The first-order valence-electron chi connectivity index (χ1n) is 11.3. The van der Waals surface area contributed by atoms with Crippen LogP contribution in [0.1, 0.15) is 42.9 Å². The van der Waals surface area contributed by atoms with E-state index in [2.05, 4.69) is 9.64 Å². The van der Waals surface area contributed by atoms with Crippen molar-refractivity contribution in [3.05, 3.63) is 57.9 Å². The zero-order chi connectivity index (χ0) is 24.5. The number of rotatable bonds is 7. The van der Waals surface area contributed by atoms with E-state index >= 15 is 4.39 Å².